The number of aromatic nitrogens is 1. The lowest BCUT2D eigenvalue weighted by molar-refractivity contribution is -0.384. The maximum atomic E-state index is 11.1. The normalized spacial score (nSPS) is 13.7. The highest BCUT2D eigenvalue weighted by Gasteiger charge is 2.23. The number of unbranched alkanes of at least 4 members (excludes halogenated alkanes) is 3. The molecule has 2 N–H and O–H groups in total. The Bertz CT molecular complexity index is 469. The summed E-state index contributed by atoms with van der Waals surface area (Å²) in [4.78, 5) is 14.2. The van der Waals surface area contributed by atoms with Gasteiger partial charge in [0.15, 0.2) is 0 Å². The van der Waals surface area contributed by atoms with Crippen molar-refractivity contribution in [3.8, 4) is 0 Å². The number of aliphatic hydroxyl groups excluding tert-OH is 1. The standard InChI is InChI=1S/C14H22ClN3O3/c1-3-4-5-6-7-11(10(2)19)17-12-8-9-16-14(15)13(12)18(20)21/h8-11,19H,3-7H2,1-2H3,(H,16,17). The van der Waals surface area contributed by atoms with E-state index in [1.54, 1.807) is 6.92 Å². The van der Waals surface area contributed by atoms with Gasteiger partial charge in [-0.1, -0.05) is 44.2 Å². The van der Waals surface area contributed by atoms with Crippen molar-refractivity contribution in [2.24, 2.45) is 0 Å². The van der Waals surface area contributed by atoms with Gasteiger partial charge in [-0.25, -0.2) is 4.98 Å². The average Bonchev–Trinajstić information content (AvgIpc) is 2.41. The van der Waals surface area contributed by atoms with E-state index in [1.165, 1.54) is 12.3 Å². The van der Waals surface area contributed by atoms with Crippen LogP contribution in [-0.4, -0.2) is 27.2 Å². The molecule has 2 unspecified atom stereocenters. The molecule has 0 saturated heterocycles. The molecule has 0 saturated carbocycles. The lowest BCUT2D eigenvalue weighted by atomic mass is 10.0. The first-order valence-corrected chi connectivity index (χ1v) is 7.58. The van der Waals surface area contributed by atoms with Crippen molar-refractivity contribution in [3.05, 3.63) is 27.5 Å². The fraction of sp³-hybridized carbons (Fsp3) is 0.643. The number of nitro groups is 1. The topological polar surface area (TPSA) is 88.3 Å². The smallest absolute Gasteiger partial charge is 0.329 e. The van der Waals surface area contributed by atoms with Crippen LogP contribution in [0.25, 0.3) is 0 Å². The molecule has 1 heterocycles. The van der Waals surface area contributed by atoms with Gasteiger partial charge in [0.2, 0.25) is 5.15 Å². The van der Waals surface area contributed by atoms with Gasteiger partial charge in [0.1, 0.15) is 5.69 Å². The highest BCUT2D eigenvalue weighted by Crippen LogP contribution is 2.31. The van der Waals surface area contributed by atoms with Crippen LogP contribution < -0.4 is 5.32 Å². The lowest BCUT2D eigenvalue weighted by Gasteiger charge is -2.22. The molecule has 0 amide bonds. The maximum Gasteiger partial charge on any atom is 0.329 e. The molecule has 1 aromatic rings. The number of rotatable bonds is 9. The Morgan fingerprint density at radius 2 is 2.19 bits per heavy atom. The molecule has 0 aliphatic rings. The summed E-state index contributed by atoms with van der Waals surface area (Å²) >= 11 is 5.78. The molecule has 0 aliphatic heterocycles. The molecule has 118 valence electrons. The number of nitrogens with one attached hydrogen (secondary N) is 1. The highest BCUT2D eigenvalue weighted by atomic mass is 35.5. The summed E-state index contributed by atoms with van der Waals surface area (Å²) in [5.74, 6) is 0. The Balaban J connectivity index is 2.80. The van der Waals surface area contributed by atoms with Crippen LogP contribution in [0, 0.1) is 10.1 Å². The van der Waals surface area contributed by atoms with Crippen molar-refractivity contribution in [2.75, 3.05) is 5.32 Å². The second-order valence-corrected chi connectivity index (χ2v) is 5.45. The van der Waals surface area contributed by atoms with Gasteiger partial charge in [-0.2, -0.15) is 0 Å². The second kappa shape index (κ2) is 8.79. The lowest BCUT2D eigenvalue weighted by Crippen LogP contribution is -2.31. The molecule has 2 atom stereocenters. The zero-order valence-corrected chi connectivity index (χ0v) is 13.1. The first kappa shape index (κ1) is 17.7. The Labute approximate surface area is 129 Å². The van der Waals surface area contributed by atoms with Crippen LogP contribution in [0.3, 0.4) is 0 Å². The van der Waals surface area contributed by atoms with Gasteiger partial charge < -0.3 is 10.4 Å². The molecule has 21 heavy (non-hydrogen) atoms. The minimum Gasteiger partial charge on any atom is -0.391 e. The zero-order chi connectivity index (χ0) is 15.8. The van der Waals surface area contributed by atoms with Crippen molar-refractivity contribution in [3.63, 3.8) is 0 Å². The van der Waals surface area contributed by atoms with Gasteiger partial charge >= 0.3 is 5.69 Å². The third-order valence-corrected chi connectivity index (χ3v) is 3.63. The van der Waals surface area contributed by atoms with Crippen molar-refractivity contribution in [2.45, 2.75) is 58.1 Å². The summed E-state index contributed by atoms with van der Waals surface area (Å²) in [6.07, 6.45) is 5.87. The highest BCUT2D eigenvalue weighted by molar-refractivity contribution is 6.32. The summed E-state index contributed by atoms with van der Waals surface area (Å²) in [6, 6.07) is 1.25. The van der Waals surface area contributed by atoms with Crippen LogP contribution in [0.15, 0.2) is 12.3 Å². The molecule has 6 nitrogen and oxygen atoms in total. The Hall–Kier alpha value is -1.40. The fourth-order valence-electron chi connectivity index (χ4n) is 2.14. The molecular formula is C14H22ClN3O3. The molecule has 0 bridgehead atoms. The number of halogens is 1. The zero-order valence-electron chi connectivity index (χ0n) is 12.4. The van der Waals surface area contributed by atoms with E-state index in [2.05, 4.69) is 17.2 Å². The Kier molecular flexibility index (Phi) is 7.39. The van der Waals surface area contributed by atoms with Gasteiger partial charge in [-0.3, -0.25) is 10.1 Å². The van der Waals surface area contributed by atoms with Crippen molar-refractivity contribution in [1.82, 2.24) is 4.98 Å². The largest absolute Gasteiger partial charge is 0.391 e. The fourth-order valence-corrected chi connectivity index (χ4v) is 2.37. The number of hydrogen-bond acceptors (Lipinski definition) is 5. The van der Waals surface area contributed by atoms with Gasteiger partial charge in [0, 0.05) is 6.20 Å². The predicted molar refractivity (Wildman–Crippen MR) is 83.8 cm³/mol. The quantitative estimate of drug-likeness (QED) is 0.313. The molecule has 7 heteroatoms. The van der Waals surface area contributed by atoms with Gasteiger partial charge in [0.25, 0.3) is 0 Å². The maximum absolute atomic E-state index is 11.1. The summed E-state index contributed by atoms with van der Waals surface area (Å²) < 4.78 is 0. The molecule has 0 fully saturated rings. The summed E-state index contributed by atoms with van der Waals surface area (Å²) in [5.41, 5.74) is 0.0415. The number of nitrogens with zero attached hydrogens (tertiary/aromatic N) is 2. The third-order valence-electron chi connectivity index (χ3n) is 3.35. The Morgan fingerprint density at radius 1 is 1.48 bits per heavy atom. The van der Waals surface area contributed by atoms with Crippen LogP contribution in [-0.2, 0) is 0 Å². The van der Waals surface area contributed by atoms with E-state index >= 15 is 0 Å². The molecule has 0 aliphatic carbocycles. The molecule has 0 radical (unpaired) electrons. The first-order chi connectivity index (χ1) is 9.97. The molecular weight excluding hydrogens is 294 g/mol. The minimum atomic E-state index is -0.613. The monoisotopic (exact) mass is 315 g/mol. The van der Waals surface area contributed by atoms with E-state index in [9.17, 15) is 15.2 Å². The molecule has 1 rings (SSSR count). The van der Waals surface area contributed by atoms with Crippen molar-refractivity contribution in [1.29, 1.82) is 0 Å². The number of pyridine rings is 1. The third kappa shape index (κ3) is 5.47. The van der Waals surface area contributed by atoms with E-state index in [0.29, 0.717) is 5.69 Å². The van der Waals surface area contributed by atoms with E-state index in [-0.39, 0.29) is 16.9 Å². The van der Waals surface area contributed by atoms with Gasteiger partial charge in [-0.05, 0) is 19.4 Å². The predicted octanol–water partition coefficient (Wildman–Crippen LogP) is 3.77. The van der Waals surface area contributed by atoms with Crippen LogP contribution in [0.1, 0.15) is 46.0 Å². The second-order valence-electron chi connectivity index (χ2n) is 5.10. The SMILES string of the molecule is CCCCCCC(Nc1ccnc(Cl)c1[N+](=O)[O-])C(C)O. The molecule has 0 spiro atoms. The van der Waals surface area contributed by atoms with Crippen LogP contribution in [0.2, 0.25) is 5.15 Å². The minimum absolute atomic E-state index is 0.152. The first-order valence-electron chi connectivity index (χ1n) is 7.20. The molecule has 0 aromatic carbocycles. The molecule has 1 aromatic heterocycles. The van der Waals surface area contributed by atoms with Gasteiger partial charge in [-0.15, -0.1) is 0 Å². The van der Waals surface area contributed by atoms with E-state index in [4.69, 9.17) is 11.6 Å². The van der Waals surface area contributed by atoms with Crippen molar-refractivity contribution >= 4 is 23.0 Å². The summed E-state index contributed by atoms with van der Waals surface area (Å²) in [7, 11) is 0. The number of anilines is 1. The van der Waals surface area contributed by atoms with E-state index < -0.39 is 11.0 Å². The summed E-state index contributed by atoms with van der Waals surface area (Å²) in [5, 5.41) is 23.8. The van der Waals surface area contributed by atoms with Crippen molar-refractivity contribution < 1.29 is 10.0 Å². The summed E-state index contributed by atoms with van der Waals surface area (Å²) in [6.45, 7) is 3.80. The van der Waals surface area contributed by atoms with Crippen LogP contribution in [0.4, 0.5) is 11.4 Å². The number of aliphatic hydroxyl groups is 1. The van der Waals surface area contributed by atoms with Crippen LogP contribution >= 0.6 is 11.6 Å². The van der Waals surface area contributed by atoms with Gasteiger partial charge in [0.05, 0.1) is 17.1 Å². The van der Waals surface area contributed by atoms with E-state index in [1.807, 2.05) is 0 Å². The van der Waals surface area contributed by atoms with E-state index in [0.717, 1.165) is 32.1 Å². The average molecular weight is 316 g/mol. The number of hydrogen-bond donors (Lipinski definition) is 2. The van der Waals surface area contributed by atoms with Crippen LogP contribution in [0.5, 0.6) is 0 Å². The Morgan fingerprint density at radius 3 is 2.76 bits per heavy atom.